The molecule has 1 heteroatoms. The van der Waals surface area contributed by atoms with E-state index in [4.69, 9.17) is 0 Å². The number of nitrogens with zero attached hydrogens (tertiary/aromatic N) is 1. The highest BCUT2D eigenvalue weighted by Gasteiger charge is 2.25. The van der Waals surface area contributed by atoms with Gasteiger partial charge in [0.2, 0.25) is 0 Å². The summed E-state index contributed by atoms with van der Waals surface area (Å²) in [6, 6.07) is 2.47. The molecule has 0 heterocycles. The third-order valence-electron chi connectivity index (χ3n) is 2.47. The van der Waals surface area contributed by atoms with E-state index in [9.17, 15) is 5.26 Å². The van der Waals surface area contributed by atoms with Crippen molar-refractivity contribution in [1.82, 2.24) is 0 Å². The minimum absolute atomic E-state index is 0.258. The van der Waals surface area contributed by atoms with Crippen molar-refractivity contribution in [3.8, 4) is 6.07 Å². The Hall–Kier alpha value is -1.29. The van der Waals surface area contributed by atoms with Crippen molar-refractivity contribution in [1.29, 1.82) is 5.26 Å². The Balaban J connectivity index is 4.67. The van der Waals surface area contributed by atoms with Gasteiger partial charge in [0.05, 0.1) is 11.5 Å². The van der Waals surface area contributed by atoms with Crippen LogP contribution in [0.2, 0.25) is 0 Å². The lowest BCUT2D eigenvalue weighted by molar-refractivity contribution is 0.410. The standard InChI is InChI=1S/C14H21N/c1-4-7-10-14(13-15,11-8-5-2)12-9-6-3/h4-9H,10-12H2,1-3H3. The van der Waals surface area contributed by atoms with Crippen molar-refractivity contribution >= 4 is 0 Å². The van der Waals surface area contributed by atoms with Gasteiger partial charge in [-0.05, 0) is 40.0 Å². The maximum atomic E-state index is 9.30. The van der Waals surface area contributed by atoms with Crippen LogP contribution in [0.1, 0.15) is 40.0 Å². The van der Waals surface area contributed by atoms with Crippen molar-refractivity contribution in [3.05, 3.63) is 36.5 Å². The third-order valence-corrected chi connectivity index (χ3v) is 2.47. The normalized spacial score (nSPS) is 16.1. The molecule has 0 rings (SSSR count). The van der Waals surface area contributed by atoms with Gasteiger partial charge in [-0.3, -0.25) is 0 Å². The molecule has 0 atom stereocenters. The highest BCUT2D eigenvalue weighted by molar-refractivity contribution is 5.10. The molecule has 1 nitrogen and oxygen atoms in total. The monoisotopic (exact) mass is 203 g/mol. The first kappa shape index (κ1) is 13.7. The molecule has 0 spiro atoms. The lowest BCUT2D eigenvalue weighted by Gasteiger charge is -2.22. The Morgan fingerprint density at radius 1 is 0.867 bits per heavy atom. The molecule has 0 aliphatic heterocycles. The number of hydrogen-bond donors (Lipinski definition) is 0. The van der Waals surface area contributed by atoms with E-state index in [-0.39, 0.29) is 5.41 Å². The Kier molecular flexibility index (Phi) is 7.36. The minimum atomic E-state index is -0.258. The molecule has 0 saturated carbocycles. The van der Waals surface area contributed by atoms with Crippen LogP contribution in [0.3, 0.4) is 0 Å². The van der Waals surface area contributed by atoms with Crippen molar-refractivity contribution in [2.75, 3.05) is 0 Å². The lowest BCUT2D eigenvalue weighted by atomic mass is 9.79. The zero-order valence-corrected chi connectivity index (χ0v) is 10.0. The third kappa shape index (κ3) is 5.22. The van der Waals surface area contributed by atoms with Crippen LogP contribution in [0.15, 0.2) is 36.5 Å². The highest BCUT2D eigenvalue weighted by atomic mass is 14.4. The quantitative estimate of drug-likeness (QED) is 0.587. The zero-order chi connectivity index (χ0) is 11.6. The van der Waals surface area contributed by atoms with Gasteiger partial charge in [-0.15, -0.1) is 0 Å². The summed E-state index contributed by atoms with van der Waals surface area (Å²) >= 11 is 0. The fourth-order valence-electron chi connectivity index (χ4n) is 1.42. The van der Waals surface area contributed by atoms with Gasteiger partial charge in [-0.2, -0.15) is 5.26 Å². The second-order valence-corrected chi connectivity index (χ2v) is 3.71. The molecular formula is C14H21N. The molecule has 0 aromatic carbocycles. The number of nitriles is 1. The first-order valence-electron chi connectivity index (χ1n) is 5.49. The number of rotatable bonds is 6. The highest BCUT2D eigenvalue weighted by Crippen LogP contribution is 2.31. The van der Waals surface area contributed by atoms with Crippen LogP contribution < -0.4 is 0 Å². The maximum Gasteiger partial charge on any atom is 0.0699 e. The molecule has 82 valence electrons. The molecule has 0 amide bonds. The molecule has 0 radical (unpaired) electrons. The molecule has 0 N–H and O–H groups in total. The topological polar surface area (TPSA) is 23.8 Å². The molecule has 0 aromatic rings. The molecule has 0 unspecified atom stereocenters. The maximum absolute atomic E-state index is 9.30. The molecule has 0 bridgehead atoms. The minimum Gasteiger partial charge on any atom is -0.198 e. The van der Waals surface area contributed by atoms with Gasteiger partial charge in [0, 0.05) is 0 Å². The van der Waals surface area contributed by atoms with Crippen LogP contribution in [0.5, 0.6) is 0 Å². The van der Waals surface area contributed by atoms with Crippen LogP contribution in [0.25, 0.3) is 0 Å². The summed E-state index contributed by atoms with van der Waals surface area (Å²) < 4.78 is 0. The fourth-order valence-corrected chi connectivity index (χ4v) is 1.42. The van der Waals surface area contributed by atoms with Crippen LogP contribution in [-0.2, 0) is 0 Å². The number of allylic oxidation sites excluding steroid dienone is 6. The predicted molar refractivity (Wildman–Crippen MR) is 66.3 cm³/mol. The van der Waals surface area contributed by atoms with E-state index in [0.29, 0.717) is 0 Å². The summed E-state index contributed by atoms with van der Waals surface area (Å²) in [6.45, 7) is 5.98. The molecule has 0 aliphatic rings. The van der Waals surface area contributed by atoms with Gasteiger partial charge in [-0.1, -0.05) is 36.5 Å². The molecule has 15 heavy (non-hydrogen) atoms. The van der Waals surface area contributed by atoms with E-state index < -0.39 is 0 Å². The summed E-state index contributed by atoms with van der Waals surface area (Å²) in [5.41, 5.74) is -0.258. The first-order chi connectivity index (χ1) is 7.24. The molecule has 0 aromatic heterocycles. The van der Waals surface area contributed by atoms with E-state index in [2.05, 4.69) is 24.3 Å². The predicted octanol–water partition coefficient (Wildman–Crippen LogP) is 4.39. The fraction of sp³-hybridized carbons (Fsp3) is 0.500. The van der Waals surface area contributed by atoms with Crippen molar-refractivity contribution < 1.29 is 0 Å². The Labute approximate surface area is 93.8 Å². The summed E-state index contributed by atoms with van der Waals surface area (Å²) in [4.78, 5) is 0. The summed E-state index contributed by atoms with van der Waals surface area (Å²) in [7, 11) is 0. The second-order valence-electron chi connectivity index (χ2n) is 3.71. The van der Waals surface area contributed by atoms with Gasteiger partial charge < -0.3 is 0 Å². The summed E-state index contributed by atoms with van der Waals surface area (Å²) in [6.07, 6.45) is 14.8. The van der Waals surface area contributed by atoms with Gasteiger partial charge >= 0.3 is 0 Å². The van der Waals surface area contributed by atoms with Gasteiger partial charge in [0.1, 0.15) is 0 Å². The van der Waals surface area contributed by atoms with Crippen molar-refractivity contribution in [2.24, 2.45) is 5.41 Å². The second kappa shape index (κ2) is 8.05. The summed E-state index contributed by atoms with van der Waals surface area (Å²) in [5.74, 6) is 0. The Morgan fingerprint density at radius 2 is 1.20 bits per heavy atom. The largest absolute Gasteiger partial charge is 0.198 e. The van der Waals surface area contributed by atoms with Crippen LogP contribution in [-0.4, -0.2) is 0 Å². The number of hydrogen-bond acceptors (Lipinski definition) is 1. The molecule has 0 aliphatic carbocycles. The molecule has 0 saturated heterocycles. The Bertz CT molecular complexity index is 240. The van der Waals surface area contributed by atoms with E-state index in [0.717, 1.165) is 19.3 Å². The Morgan fingerprint density at radius 3 is 1.40 bits per heavy atom. The average Bonchev–Trinajstić information content (AvgIpc) is 2.29. The SMILES string of the molecule is CC=CCC(C#N)(CC=CC)CC=CC. The van der Waals surface area contributed by atoms with Crippen LogP contribution >= 0.6 is 0 Å². The van der Waals surface area contributed by atoms with Crippen molar-refractivity contribution in [2.45, 2.75) is 40.0 Å². The summed E-state index contributed by atoms with van der Waals surface area (Å²) in [5, 5.41) is 9.30. The van der Waals surface area contributed by atoms with Gasteiger partial charge in [0.15, 0.2) is 0 Å². The smallest absolute Gasteiger partial charge is 0.0699 e. The molecular weight excluding hydrogens is 182 g/mol. The van der Waals surface area contributed by atoms with E-state index in [1.54, 1.807) is 0 Å². The lowest BCUT2D eigenvalue weighted by Crippen LogP contribution is -2.15. The van der Waals surface area contributed by atoms with Crippen LogP contribution in [0, 0.1) is 16.7 Å². The average molecular weight is 203 g/mol. The zero-order valence-electron chi connectivity index (χ0n) is 10.0. The van der Waals surface area contributed by atoms with E-state index in [1.165, 1.54) is 0 Å². The van der Waals surface area contributed by atoms with Crippen LogP contribution in [0.4, 0.5) is 0 Å². The van der Waals surface area contributed by atoms with E-state index in [1.807, 2.05) is 39.0 Å². The van der Waals surface area contributed by atoms with Gasteiger partial charge in [-0.25, -0.2) is 0 Å². The first-order valence-corrected chi connectivity index (χ1v) is 5.49. The van der Waals surface area contributed by atoms with Gasteiger partial charge in [0.25, 0.3) is 0 Å². The molecule has 0 fully saturated rings. The van der Waals surface area contributed by atoms with Crippen molar-refractivity contribution in [3.63, 3.8) is 0 Å². The van der Waals surface area contributed by atoms with E-state index >= 15 is 0 Å².